The zero-order valence-electron chi connectivity index (χ0n) is 10.4. The largest absolute Gasteiger partial charge is 0.383 e. The predicted octanol–water partition coefficient (Wildman–Crippen LogP) is 2.83. The summed E-state index contributed by atoms with van der Waals surface area (Å²) >= 11 is 3.02. The van der Waals surface area contributed by atoms with Crippen LogP contribution in [0, 0.1) is 6.92 Å². The van der Waals surface area contributed by atoms with E-state index in [2.05, 4.69) is 9.97 Å². The number of hydrogen-bond acceptors (Lipinski definition) is 6. The minimum Gasteiger partial charge on any atom is -0.383 e. The van der Waals surface area contributed by atoms with Gasteiger partial charge >= 0.3 is 0 Å². The molecule has 0 aliphatic rings. The second-order valence-corrected chi connectivity index (χ2v) is 5.85. The summed E-state index contributed by atoms with van der Waals surface area (Å²) in [5.74, 6) is -0.0850. The van der Waals surface area contributed by atoms with Crippen molar-refractivity contribution < 1.29 is 4.79 Å². The average molecular weight is 279 g/mol. The Morgan fingerprint density at radius 2 is 2.06 bits per heavy atom. The third kappa shape index (κ3) is 3.02. The van der Waals surface area contributed by atoms with Gasteiger partial charge in [0.25, 0.3) is 0 Å². The molecule has 4 nitrogen and oxygen atoms in total. The van der Waals surface area contributed by atoms with Crippen molar-refractivity contribution in [1.29, 1.82) is 0 Å². The molecule has 0 saturated heterocycles. The monoisotopic (exact) mass is 279 g/mol. The minimum absolute atomic E-state index is 0.0850. The summed E-state index contributed by atoms with van der Waals surface area (Å²) in [5, 5.41) is 5.52. The molecule has 2 rings (SSSR count). The molecule has 94 valence electrons. The highest BCUT2D eigenvalue weighted by Gasteiger charge is 2.11. The normalized spacial score (nSPS) is 11.1. The fourth-order valence-electron chi connectivity index (χ4n) is 1.27. The minimum atomic E-state index is -0.0850. The Kier molecular flexibility index (Phi) is 3.88. The van der Waals surface area contributed by atoms with Gasteiger partial charge in [0.15, 0.2) is 0 Å². The summed E-state index contributed by atoms with van der Waals surface area (Å²) in [6.07, 6.45) is 3.24. The van der Waals surface area contributed by atoms with Crippen molar-refractivity contribution in [3.05, 3.63) is 33.7 Å². The van der Waals surface area contributed by atoms with E-state index in [0.717, 1.165) is 15.7 Å². The molecule has 0 aromatic carbocycles. The molecule has 0 amide bonds. The molecule has 0 N–H and O–H groups in total. The van der Waals surface area contributed by atoms with Gasteiger partial charge in [0.1, 0.15) is 16.4 Å². The van der Waals surface area contributed by atoms with Crippen molar-refractivity contribution in [3.63, 3.8) is 0 Å². The summed E-state index contributed by atoms with van der Waals surface area (Å²) in [7, 11) is 3.74. The van der Waals surface area contributed by atoms with E-state index in [1.807, 2.05) is 31.3 Å². The van der Waals surface area contributed by atoms with E-state index in [4.69, 9.17) is 0 Å². The molecule has 0 spiro atoms. The third-order valence-electron chi connectivity index (χ3n) is 2.12. The van der Waals surface area contributed by atoms with Crippen molar-refractivity contribution >= 4 is 28.5 Å². The Morgan fingerprint density at radius 1 is 1.28 bits per heavy atom. The Bertz CT molecular complexity index is 584. The molecule has 2 heterocycles. The SMILES string of the molecule is Cc1nc(-c2nc(C(=O)/C=C/N(C)C)cs2)cs1. The Hall–Kier alpha value is -1.53. The highest BCUT2D eigenvalue weighted by atomic mass is 32.1. The smallest absolute Gasteiger partial charge is 0.206 e. The molecule has 0 aliphatic heterocycles. The third-order valence-corrected chi connectivity index (χ3v) is 3.76. The van der Waals surface area contributed by atoms with Gasteiger partial charge in [-0.25, -0.2) is 9.97 Å². The van der Waals surface area contributed by atoms with Crippen LogP contribution in [0.1, 0.15) is 15.5 Å². The maximum absolute atomic E-state index is 11.8. The predicted molar refractivity (Wildman–Crippen MR) is 75.1 cm³/mol. The Balaban J connectivity index is 2.18. The van der Waals surface area contributed by atoms with Crippen molar-refractivity contribution in [1.82, 2.24) is 14.9 Å². The van der Waals surface area contributed by atoms with Crippen molar-refractivity contribution in [2.75, 3.05) is 14.1 Å². The molecular weight excluding hydrogens is 266 g/mol. The number of thiazole rings is 2. The quantitative estimate of drug-likeness (QED) is 0.638. The van der Waals surface area contributed by atoms with Crippen LogP contribution in [0.5, 0.6) is 0 Å². The van der Waals surface area contributed by atoms with Crippen LogP contribution in [0.25, 0.3) is 10.7 Å². The van der Waals surface area contributed by atoms with Crippen LogP contribution >= 0.6 is 22.7 Å². The summed E-state index contributed by atoms with van der Waals surface area (Å²) < 4.78 is 0. The van der Waals surface area contributed by atoms with Gasteiger partial charge in [-0.3, -0.25) is 4.79 Å². The number of carbonyl (C=O) groups excluding carboxylic acids is 1. The van der Waals surface area contributed by atoms with E-state index in [1.54, 1.807) is 22.9 Å². The van der Waals surface area contributed by atoms with Gasteiger partial charge in [0.2, 0.25) is 5.78 Å². The Morgan fingerprint density at radius 3 is 2.67 bits per heavy atom. The molecule has 0 aliphatic carbocycles. The van der Waals surface area contributed by atoms with Gasteiger partial charge in [0.05, 0.1) is 5.01 Å². The fourth-order valence-corrected chi connectivity index (χ4v) is 2.71. The van der Waals surface area contributed by atoms with Gasteiger partial charge in [0, 0.05) is 37.1 Å². The topological polar surface area (TPSA) is 46.1 Å². The first-order valence-corrected chi connectivity index (χ1v) is 7.09. The number of carbonyl (C=O) groups is 1. The standard InChI is InChI=1S/C12H13N3OS2/c1-8-13-10(7-17-8)12-14-9(6-18-12)11(16)4-5-15(2)3/h4-7H,1-3H3/b5-4+. The lowest BCUT2D eigenvalue weighted by molar-refractivity contribution is 0.104. The lowest BCUT2D eigenvalue weighted by Gasteiger charge is -2.01. The van der Waals surface area contributed by atoms with Crippen LogP contribution in [0.15, 0.2) is 23.0 Å². The molecule has 0 saturated carbocycles. The number of aryl methyl sites for hydroxylation is 1. The molecule has 18 heavy (non-hydrogen) atoms. The van der Waals surface area contributed by atoms with Crippen LogP contribution in [-0.2, 0) is 0 Å². The number of rotatable bonds is 4. The van der Waals surface area contributed by atoms with Gasteiger partial charge in [-0.05, 0) is 6.92 Å². The van der Waals surface area contributed by atoms with Crippen LogP contribution in [0.4, 0.5) is 0 Å². The lowest BCUT2D eigenvalue weighted by Crippen LogP contribution is -2.03. The lowest BCUT2D eigenvalue weighted by atomic mass is 10.3. The first-order chi connectivity index (χ1) is 8.56. The fraction of sp³-hybridized carbons (Fsp3) is 0.250. The van der Waals surface area contributed by atoms with Crippen molar-refractivity contribution in [2.45, 2.75) is 6.92 Å². The van der Waals surface area contributed by atoms with Gasteiger partial charge in [-0.15, -0.1) is 22.7 Å². The number of nitrogens with zero attached hydrogens (tertiary/aromatic N) is 3. The maximum atomic E-state index is 11.8. The van der Waals surface area contributed by atoms with E-state index in [1.165, 1.54) is 17.4 Å². The molecule has 0 unspecified atom stereocenters. The van der Waals surface area contributed by atoms with Gasteiger partial charge in [-0.1, -0.05) is 0 Å². The van der Waals surface area contributed by atoms with E-state index in [9.17, 15) is 4.79 Å². The van der Waals surface area contributed by atoms with E-state index < -0.39 is 0 Å². The maximum Gasteiger partial charge on any atom is 0.206 e. The number of aromatic nitrogens is 2. The Labute approximate surface area is 114 Å². The zero-order chi connectivity index (χ0) is 13.1. The second kappa shape index (κ2) is 5.41. The summed E-state index contributed by atoms with van der Waals surface area (Å²) in [6, 6.07) is 0. The van der Waals surface area contributed by atoms with Crippen LogP contribution in [-0.4, -0.2) is 34.7 Å². The zero-order valence-corrected chi connectivity index (χ0v) is 12.0. The molecule has 0 fully saturated rings. The van der Waals surface area contributed by atoms with E-state index in [0.29, 0.717) is 5.69 Å². The van der Waals surface area contributed by atoms with Crippen LogP contribution in [0.3, 0.4) is 0 Å². The number of ketones is 1. The number of hydrogen-bond donors (Lipinski definition) is 0. The molecule has 2 aromatic rings. The van der Waals surface area contributed by atoms with E-state index in [-0.39, 0.29) is 5.78 Å². The van der Waals surface area contributed by atoms with Crippen LogP contribution in [0.2, 0.25) is 0 Å². The summed E-state index contributed by atoms with van der Waals surface area (Å²) in [6.45, 7) is 1.95. The first kappa shape index (κ1) is 12.9. The average Bonchev–Trinajstić information content (AvgIpc) is 2.93. The first-order valence-electron chi connectivity index (χ1n) is 5.33. The van der Waals surface area contributed by atoms with E-state index >= 15 is 0 Å². The summed E-state index contributed by atoms with van der Waals surface area (Å²) in [5.41, 5.74) is 1.32. The van der Waals surface area contributed by atoms with Gasteiger partial charge < -0.3 is 4.90 Å². The summed E-state index contributed by atoms with van der Waals surface area (Å²) in [4.78, 5) is 22.3. The number of allylic oxidation sites excluding steroid dienone is 1. The highest BCUT2D eigenvalue weighted by molar-refractivity contribution is 7.14. The highest BCUT2D eigenvalue weighted by Crippen LogP contribution is 2.25. The van der Waals surface area contributed by atoms with Gasteiger partial charge in [-0.2, -0.15) is 0 Å². The molecular formula is C12H13N3OS2. The molecule has 2 aromatic heterocycles. The van der Waals surface area contributed by atoms with Crippen molar-refractivity contribution in [3.8, 4) is 10.7 Å². The molecule has 0 atom stereocenters. The second-order valence-electron chi connectivity index (χ2n) is 3.93. The van der Waals surface area contributed by atoms with Crippen LogP contribution < -0.4 is 0 Å². The molecule has 6 heteroatoms. The molecule has 0 radical (unpaired) electrons. The molecule has 0 bridgehead atoms. The van der Waals surface area contributed by atoms with Crippen molar-refractivity contribution in [2.24, 2.45) is 0 Å².